The van der Waals surface area contributed by atoms with Crippen LogP contribution >= 0.6 is 23.2 Å². The second-order valence-corrected chi connectivity index (χ2v) is 4.97. The summed E-state index contributed by atoms with van der Waals surface area (Å²) < 4.78 is 9.80. The number of carbonyl (C=O) groups excluding carboxylic acids is 2. The van der Waals surface area contributed by atoms with E-state index in [1.54, 1.807) is 24.3 Å². The van der Waals surface area contributed by atoms with Gasteiger partial charge in [0.2, 0.25) is 0 Å². The van der Waals surface area contributed by atoms with Crippen LogP contribution in [0.15, 0.2) is 47.1 Å². The number of nitrogens with one attached hydrogen (secondary N) is 1. The van der Waals surface area contributed by atoms with E-state index < -0.39 is 18.5 Å². The second-order valence-electron chi connectivity index (χ2n) is 4.13. The van der Waals surface area contributed by atoms with Crippen LogP contribution in [0, 0.1) is 0 Å². The third-order valence-electron chi connectivity index (χ3n) is 2.47. The van der Waals surface area contributed by atoms with Gasteiger partial charge in [-0.25, -0.2) is 4.79 Å². The molecule has 1 heterocycles. The van der Waals surface area contributed by atoms with E-state index in [0.717, 1.165) is 0 Å². The molecule has 0 unspecified atom stereocenters. The molecule has 5 nitrogen and oxygen atoms in total. The van der Waals surface area contributed by atoms with Crippen molar-refractivity contribution < 1.29 is 18.7 Å². The maximum Gasteiger partial charge on any atom is 0.331 e. The molecule has 1 N–H and O–H groups in total. The van der Waals surface area contributed by atoms with Gasteiger partial charge in [0.05, 0.1) is 17.0 Å². The lowest BCUT2D eigenvalue weighted by molar-refractivity contribution is -0.142. The molecular formula is C15H11Cl2NO4. The lowest BCUT2D eigenvalue weighted by atomic mass is 10.3. The van der Waals surface area contributed by atoms with E-state index in [0.29, 0.717) is 21.5 Å². The highest BCUT2D eigenvalue weighted by atomic mass is 35.5. The van der Waals surface area contributed by atoms with Crippen LogP contribution in [0.4, 0.5) is 5.69 Å². The van der Waals surface area contributed by atoms with Crippen molar-refractivity contribution in [1.29, 1.82) is 0 Å². The Morgan fingerprint density at radius 2 is 2.09 bits per heavy atom. The molecule has 0 saturated carbocycles. The lowest BCUT2D eigenvalue weighted by Gasteiger charge is -2.07. The average Bonchev–Trinajstić information content (AvgIpc) is 3.00. The number of amides is 1. The summed E-state index contributed by atoms with van der Waals surface area (Å²) in [5.41, 5.74) is 0.348. The molecule has 114 valence electrons. The molecule has 0 spiro atoms. The summed E-state index contributed by atoms with van der Waals surface area (Å²) in [6.07, 6.45) is 4.08. The normalized spacial score (nSPS) is 10.6. The fourth-order valence-corrected chi connectivity index (χ4v) is 1.84. The molecule has 0 atom stereocenters. The zero-order valence-electron chi connectivity index (χ0n) is 11.2. The molecule has 0 bridgehead atoms. The molecule has 1 amide bonds. The van der Waals surface area contributed by atoms with Gasteiger partial charge < -0.3 is 14.5 Å². The van der Waals surface area contributed by atoms with Crippen LogP contribution in [0.2, 0.25) is 10.0 Å². The summed E-state index contributed by atoms with van der Waals surface area (Å²) in [5, 5.41) is 3.26. The summed E-state index contributed by atoms with van der Waals surface area (Å²) in [6.45, 7) is -0.440. The van der Waals surface area contributed by atoms with Gasteiger partial charge in [-0.2, -0.15) is 0 Å². The Kier molecular flexibility index (Phi) is 5.63. The Morgan fingerprint density at radius 3 is 2.82 bits per heavy atom. The van der Waals surface area contributed by atoms with Crippen LogP contribution in [-0.2, 0) is 14.3 Å². The number of rotatable bonds is 5. The number of benzene rings is 1. The van der Waals surface area contributed by atoms with E-state index in [9.17, 15) is 9.59 Å². The fourth-order valence-electron chi connectivity index (χ4n) is 1.50. The highest BCUT2D eigenvalue weighted by molar-refractivity contribution is 6.35. The first kappa shape index (κ1) is 16.1. The molecule has 22 heavy (non-hydrogen) atoms. The van der Waals surface area contributed by atoms with Crippen LogP contribution in [-0.4, -0.2) is 18.5 Å². The highest BCUT2D eigenvalue weighted by Crippen LogP contribution is 2.25. The van der Waals surface area contributed by atoms with E-state index in [-0.39, 0.29) is 0 Å². The number of hydrogen-bond acceptors (Lipinski definition) is 4. The van der Waals surface area contributed by atoms with Crippen molar-refractivity contribution in [3.63, 3.8) is 0 Å². The highest BCUT2D eigenvalue weighted by Gasteiger charge is 2.08. The maximum atomic E-state index is 11.7. The minimum Gasteiger partial charge on any atom is -0.465 e. The van der Waals surface area contributed by atoms with Crippen molar-refractivity contribution in [2.24, 2.45) is 0 Å². The molecule has 0 fully saturated rings. The molecule has 0 aliphatic rings. The van der Waals surface area contributed by atoms with Gasteiger partial charge in [0, 0.05) is 11.1 Å². The first-order chi connectivity index (χ1) is 10.5. The van der Waals surface area contributed by atoms with Crippen molar-refractivity contribution >= 4 is 46.8 Å². The standard InChI is InChI=1S/C15H11Cl2NO4/c16-10-3-5-12(17)13(8-10)18-14(19)9-22-15(20)6-4-11-2-1-7-21-11/h1-8H,9H2,(H,18,19)/b6-4+. The van der Waals surface area contributed by atoms with E-state index >= 15 is 0 Å². The number of esters is 1. The van der Waals surface area contributed by atoms with E-state index in [4.69, 9.17) is 32.4 Å². The molecule has 0 saturated heterocycles. The third-order valence-corrected chi connectivity index (χ3v) is 3.04. The van der Waals surface area contributed by atoms with Crippen molar-refractivity contribution in [2.75, 3.05) is 11.9 Å². The smallest absolute Gasteiger partial charge is 0.331 e. The number of furan rings is 1. The molecule has 0 aliphatic heterocycles. The van der Waals surface area contributed by atoms with Gasteiger partial charge in [0.25, 0.3) is 5.91 Å². The van der Waals surface area contributed by atoms with Gasteiger partial charge in [0.1, 0.15) is 5.76 Å². The average molecular weight is 340 g/mol. The molecule has 1 aromatic carbocycles. The molecule has 1 aromatic heterocycles. The van der Waals surface area contributed by atoms with Crippen LogP contribution in [0.5, 0.6) is 0 Å². The van der Waals surface area contributed by atoms with E-state index in [1.165, 1.54) is 24.5 Å². The summed E-state index contributed by atoms with van der Waals surface area (Å²) in [7, 11) is 0. The van der Waals surface area contributed by atoms with Gasteiger partial charge >= 0.3 is 5.97 Å². The Hall–Kier alpha value is -2.24. The van der Waals surface area contributed by atoms with E-state index in [2.05, 4.69) is 5.32 Å². The lowest BCUT2D eigenvalue weighted by Crippen LogP contribution is -2.20. The molecule has 0 aliphatic carbocycles. The van der Waals surface area contributed by atoms with Gasteiger partial charge in [-0.1, -0.05) is 23.2 Å². The summed E-state index contributed by atoms with van der Waals surface area (Å²) in [4.78, 5) is 23.1. The van der Waals surface area contributed by atoms with Crippen molar-refractivity contribution in [2.45, 2.75) is 0 Å². The summed E-state index contributed by atoms with van der Waals surface area (Å²) in [5.74, 6) is -0.681. The molecule has 0 radical (unpaired) electrons. The summed E-state index contributed by atoms with van der Waals surface area (Å²) >= 11 is 11.7. The summed E-state index contributed by atoms with van der Waals surface area (Å²) in [6, 6.07) is 8.02. The maximum absolute atomic E-state index is 11.7. The first-order valence-corrected chi connectivity index (χ1v) is 6.93. The van der Waals surface area contributed by atoms with Crippen LogP contribution in [0.3, 0.4) is 0 Å². The fraction of sp³-hybridized carbons (Fsp3) is 0.0667. The molecular weight excluding hydrogens is 329 g/mol. The number of ether oxygens (including phenoxy) is 1. The van der Waals surface area contributed by atoms with Gasteiger partial charge in [-0.15, -0.1) is 0 Å². The number of halogens is 2. The Morgan fingerprint density at radius 1 is 1.27 bits per heavy atom. The van der Waals surface area contributed by atoms with Crippen LogP contribution < -0.4 is 5.32 Å². The first-order valence-electron chi connectivity index (χ1n) is 6.18. The SMILES string of the molecule is O=C(COC(=O)/C=C/c1ccco1)Nc1cc(Cl)ccc1Cl. The number of anilines is 1. The molecule has 2 aromatic rings. The third kappa shape index (κ3) is 4.95. The van der Waals surface area contributed by atoms with Crippen molar-refractivity contribution in [3.05, 3.63) is 58.5 Å². The molecule has 7 heteroatoms. The zero-order chi connectivity index (χ0) is 15.9. The van der Waals surface area contributed by atoms with Gasteiger partial charge in [-0.3, -0.25) is 4.79 Å². The van der Waals surface area contributed by atoms with Crippen LogP contribution in [0.1, 0.15) is 5.76 Å². The second kappa shape index (κ2) is 7.68. The zero-order valence-corrected chi connectivity index (χ0v) is 12.7. The van der Waals surface area contributed by atoms with Crippen LogP contribution in [0.25, 0.3) is 6.08 Å². The quantitative estimate of drug-likeness (QED) is 0.664. The van der Waals surface area contributed by atoms with Crippen molar-refractivity contribution in [3.8, 4) is 0 Å². The van der Waals surface area contributed by atoms with Gasteiger partial charge in [-0.05, 0) is 36.4 Å². The number of hydrogen-bond donors (Lipinski definition) is 1. The topological polar surface area (TPSA) is 68.5 Å². The largest absolute Gasteiger partial charge is 0.465 e. The Bertz CT molecular complexity index is 696. The minimum atomic E-state index is -0.663. The predicted molar refractivity (Wildman–Crippen MR) is 83.8 cm³/mol. The monoisotopic (exact) mass is 339 g/mol. The van der Waals surface area contributed by atoms with Crippen molar-refractivity contribution in [1.82, 2.24) is 0 Å². The number of carbonyl (C=O) groups is 2. The Labute approximate surface area is 136 Å². The molecule has 2 rings (SSSR count). The Balaban J connectivity index is 1.82. The predicted octanol–water partition coefficient (Wildman–Crippen LogP) is 3.78. The van der Waals surface area contributed by atoms with E-state index in [1.807, 2.05) is 0 Å². The minimum absolute atomic E-state index is 0.335. The van der Waals surface area contributed by atoms with Gasteiger partial charge in [0.15, 0.2) is 6.61 Å².